The number of ether oxygens (including phenoxy) is 3. The van der Waals surface area contributed by atoms with Gasteiger partial charge >= 0.3 is 0 Å². The van der Waals surface area contributed by atoms with Gasteiger partial charge in [0.05, 0.1) is 32.6 Å². The third kappa shape index (κ3) is 3.58. The van der Waals surface area contributed by atoms with E-state index in [9.17, 15) is 5.26 Å². The van der Waals surface area contributed by atoms with Crippen LogP contribution in [0.4, 0.5) is 17.1 Å². The minimum atomic E-state index is 0.586. The summed E-state index contributed by atoms with van der Waals surface area (Å²) in [6.07, 6.45) is 0. The second kappa shape index (κ2) is 8.26. The maximum atomic E-state index is 9.31. The number of benzene rings is 3. The van der Waals surface area contributed by atoms with Crippen LogP contribution in [0.5, 0.6) is 17.2 Å². The number of para-hydroxylation sites is 1. The van der Waals surface area contributed by atoms with Gasteiger partial charge in [0.2, 0.25) is 5.75 Å². The van der Waals surface area contributed by atoms with Crippen LogP contribution < -0.4 is 24.4 Å². The number of nitriles is 1. The second-order valence-corrected chi connectivity index (χ2v) is 7.01. The lowest BCUT2D eigenvalue weighted by atomic mass is 10.1. The average molecular weight is 401 g/mol. The highest BCUT2D eigenvalue weighted by atomic mass is 16.5. The van der Waals surface area contributed by atoms with Crippen LogP contribution in [0, 0.1) is 11.3 Å². The fourth-order valence-corrected chi connectivity index (χ4v) is 3.75. The molecule has 1 N–H and O–H groups in total. The summed E-state index contributed by atoms with van der Waals surface area (Å²) < 4.78 is 16.4. The van der Waals surface area contributed by atoms with Crippen molar-refractivity contribution in [2.45, 2.75) is 13.1 Å². The normalized spacial score (nSPS) is 12.1. The molecule has 1 aliphatic rings. The Hall–Kier alpha value is -3.85. The number of rotatable bonds is 6. The first kappa shape index (κ1) is 19.5. The number of hydrogen-bond acceptors (Lipinski definition) is 6. The molecular weight excluding hydrogens is 378 g/mol. The summed E-state index contributed by atoms with van der Waals surface area (Å²) in [5.74, 6) is 1.86. The molecule has 0 saturated carbocycles. The molecule has 0 radical (unpaired) electrons. The molecule has 3 aromatic rings. The lowest BCUT2D eigenvalue weighted by Crippen LogP contribution is -2.14. The Morgan fingerprint density at radius 3 is 2.23 bits per heavy atom. The SMILES string of the molecule is COc1cc(N2Cc3ccc(Nc4ccccc4C#N)cc3C2)cc(OC)c1OC. The third-order valence-corrected chi connectivity index (χ3v) is 5.27. The van der Waals surface area contributed by atoms with E-state index < -0.39 is 0 Å². The Bertz CT molecular complexity index is 1100. The molecule has 0 fully saturated rings. The number of nitrogens with one attached hydrogen (secondary N) is 1. The first-order chi connectivity index (χ1) is 14.7. The van der Waals surface area contributed by atoms with Crippen LogP contribution in [0.1, 0.15) is 16.7 Å². The topological polar surface area (TPSA) is 66.8 Å². The molecule has 4 rings (SSSR count). The minimum Gasteiger partial charge on any atom is -0.493 e. The van der Waals surface area contributed by atoms with Crippen molar-refractivity contribution in [1.29, 1.82) is 5.26 Å². The van der Waals surface area contributed by atoms with Crippen molar-refractivity contribution in [1.82, 2.24) is 0 Å². The van der Waals surface area contributed by atoms with E-state index >= 15 is 0 Å². The van der Waals surface area contributed by atoms with E-state index in [-0.39, 0.29) is 0 Å². The molecular formula is C24H23N3O3. The van der Waals surface area contributed by atoms with Crippen molar-refractivity contribution in [3.05, 3.63) is 71.3 Å². The van der Waals surface area contributed by atoms with Gasteiger partial charge in [-0.3, -0.25) is 0 Å². The second-order valence-electron chi connectivity index (χ2n) is 7.01. The number of fused-ring (bicyclic) bond motifs is 1. The lowest BCUT2D eigenvalue weighted by Gasteiger charge is -2.21. The van der Waals surface area contributed by atoms with E-state index in [1.54, 1.807) is 21.3 Å². The number of anilines is 3. The Balaban J connectivity index is 1.59. The summed E-state index contributed by atoms with van der Waals surface area (Å²) >= 11 is 0. The highest BCUT2D eigenvalue weighted by Gasteiger charge is 2.23. The van der Waals surface area contributed by atoms with Crippen LogP contribution in [0.15, 0.2) is 54.6 Å². The third-order valence-electron chi connectivity index (χ3n) is 5.27. The van der Waals surface area contributed by atoms with Gasteiger partial charge in [0.25, 0.3) is 0 Å². The van der Waals surface area contributed by atoms with Crippen molar-refractivity contribution in [2.75, 3.05) is 31.5 Å². The van der Waals surface area contributed by atoms with E-state index in [0.29, 0.717) is 22.8 Å². The van der Waals surface area contributed by atoms with Crippen molar-refractivity contribution >= 4 is 17.1 Å². The molecule has 0 aliphatic carbocycles. The van der Waals surface area contributed by atoms with E-state index in [2.05, 4.69) is 28.4 Å². The molecule has 0 unspecified atom stereocenters. The number of nitrogens with zero attached hydrogens (tertiary/aromatic N) is 2. The van der Waals surface area contributed by atoms with Crippen molar-refractivity contribution < 1.29 is 14.2 Å². The largest absolute Gasteiger partial charge is 0.493 e. The van der Waals surface area contributed by atoms with Gasteiger partial charge in [-0.1, -0.05) is 18.2 Å². The first-order valence-corrected chi connectivity index (χ1v) is 9.59. The maximum Gasteiger partial charge on any atom is 0.203 e. The Labute approximate surface area is 176 Å². The van der Waals surface area contributed by atoms with Gasteiger partial charge in [-0.15, -0.1) is 0 Å². The summed E-state index contributed by atoms with van der Waals surface area (Å²) in [4.78, 5) is 2.27. The monoisotopic (exact) mass is 401 g/mol. The van der Waals surface area contributed by atoms with Gasteiger partial charge < -0.3 is 24.4 Å². The zero-order valence-electron chi connectivity index (χ0n) is 17.2. The molecule has 0 bridgehead atoms. The smallest absolute Gasteiger partial charge is 0.203 e. The average Bonchev–Trinajstić information content (AvgIpc) is 3.21. The van der Waals surface area contributed by atoms with Crippen LogP contribution >= 0.6 is 0 Å². The van der Waals surface area contributed by atoms with E-state index in [4.69, 9.17) is 14.2 Å². The van der Waals surface area contributed by atoms with E-state index in [0.717, 1.165) is 30.2 Å². The number of hydrogen-bond donors (Lipinski definition) is 1. The summed E-state index contributed by atoms with van der Waals surface area (Å²) in [7, 11) is 4.85. The van der Waals surface area contributed by atoms with Crippen molar-refractivity contribution in [2.24, 2.45) is 0 Å². The maximum absolute atomic E-state index is 9.31. The summed E-state index contributed by atoms with van der Waals surface area (Å²) in [5, 5.41) is 12.7. The van der Waals surface area contributed by atoms with Crippen LogP contribution in [0.3, 0.4) is 0 Å². The molecule has 1 aliphatic heterocycles. The standard InChI is InChI=1S/C24H23N3O3/c1-28-22-11-20(12-23(29-2)24(22)30-3)27-14-17-8-9-19(10-18(17)15-27)26-21-7-5-4-6-16(21)13-25/h4-12,26H,14-15H2,1-3H3. The van der Waals surface area contributed by atoms with Crippen LogP contribution in [0.2, 0.25) is 0 Å². The molecule has 30 heavy (non-hydrogen) atoms. The Morgan fingerprint density at radius 1 is 0.867 bits per heavy atom. The lowest BCUT2D eigenvalue weighted by molar-refractivity contribution is 0.324. The molecule has 1 heterocycles. The van der Waals surface area contributed by atoms with Crippen LogP contribution in [-0.2, 0) is 13.1 Å². The predicted molar refractivity (Wildman–Crippen MR) is 117 cm³/mol. The predicted octanol–water partition coefficient (Wildman–Crippen LogP) is 4.85. The first-order valence-electron chi connectivity index (χ1n) is 9.59. The van der Waals surface area contributed by atoms with Gasteiger partial charge in [-0.05, 0) is 35.4 Å². The zero-order valence-corrected chi connectivity index (χ0v) is 17.2. The Morgan fingerprint density at radius 2 is 1.57 bits per heavy atom. The van der Waals surface area contributed by atoms with Crippen molar-refractivity contribution in [3.63, 3.8) is 0 Å². The van der Waals surface area contributed by atoms with Gasteiger partial charge in [0.1, 0.15) is 6.07 Å². The van der Waals surface area contributed by atoms with Crippen LogP contribution in [-0.4, -0.2) is 21.3 Å². The summed E-state index contributed by atoms with van der Waals surface area (Å²) in [5.41, 5.74) is 5.90. The fraction of sp³-hybridized carbons (Fsp3) is 0.208. The fourth-order valence-electron chi connectivity index (χ4n) is 3.75. The summed E-state index contributed by atoms with van der Waals surface area (Å²) in [6, 6.07) is 20.0. The zero-order chi connectivity index (χ0) is 21.1. The van der Waals surface area contributed by atoms with Crippen LogP contribution in [0.25, 0.3) is 0 Å². The van der Waals surface area contributed by atoms with Gasteiger partial charge in [-0.2, -0.15) is 5.26 Å². The van der Waals surface area contributed by atoms with Crippen molar-refractivity contribution in [3.8, 4) is 23.3 Å². The van der Waals surface area contributed by atoms with Gasteiger partial charge in [0, 0.05) is 36.6 Å². The number of methoxy groups -OCH3 is 3. The molecule has 0 aromatic heterocycles. The molecule has 0 spiro atoms. The highest BCUT2D eigenvalue weighted by molar-refractivity contribution is 5.69. The van der Waals surface area contributed by atoms with E-state index in [1.165, 1.54) is 11.1 Å². The molecule has 3 aromatic carbocycles. The molecule has 6 nitrogen and oxygen atoms in total. The molecule has 0 saturated heterocycles. The molecule has 0 atom stereocenters. The minimum absolute atomic E-state index is 0.586. The summed E-state index contributed by atoms with van der Waals surface area (Å²) in [6.45, 7) is 1.56. The van der Waals surface area contributed by atoms with Gasteiger partial charge in [-0.25, -0.2) is 0 Å². The highest BCUT2D eigenvalue weighted by Crippen LogP contribution is 2.42. The molecule has 0 amide bonds. The quantitative estimate of drug-likeness (QED) is 0.637. The van der Waals surface area contributed by atoms with Gasteiger partial charge in [0.15, 0.2) is 11.5 Å². The molecule has 6 heteroatoms. The molecule has 152 valence electrons. The van der Waals surface area contributed by atoms with E-state index in [1.807, 2.05) is 42.5 Å². The Kier molecular flexibility index (Phi) is 5.36.